The Hall–Kier alpha value is -3.98. The Morgan fingerprint density at radius 3 is 2.06 bits per heavy atom. The molecule has 3 heteroatoms. The van der Waals surface area contributed by atoms with Crippen molar-refractivity contribution in [3.05, 3.63) is 125 Å². The zero-order valence-electron chi connectivity index (χ0n) is 19.8. The van der Waals surface area contributed by atoms with Crippen molar-refractivity contribution in [1.29, 1.82) is 0 Å². The number of aromatic nitrogens is 2. The van der Waals surface area contributed by atoms with Crippen LogP contribution in [0.1, 0.15) is 41.0 Å². The highest BCUT2D eigenvalue weighted by atomic mass is 15.0. The van der Waals surface area contributed by atoms with Crippen LogP contribution in [0.4, 0.5) is 5.82 Å². The molecule has 0 radical (unpaired) electrons. The number of aryl methyl sites for hydroxylation is 2. The summed E-state index contributed by atoms with van der Waals surface area (Å²) in [5.74, 6) is 1.90. The van der Waals surface area contributed by atoms with Crippen LogP contribution in [-0.2, 0) is 12.8 Å². The molecule has 0 fully saturated rings. The van der Waals surface area contributed by atoms with Gasteiger partial charge in [0.25, 0.3) is 0 Å². The summed E-state index contributed by atoms with van der Waals surface area (Å²) in [7, 11) is 0. The van der Waals surface area contributed by atoms with Crippen molar-refractivity contribution in [2.75, 3.05) is 11.9 Å². The molecular formula is C32H29N3. The van der Waals surface area contributed by atoms with E-state index in [1.54, 1.807) is 0 Å². The van der Waals surface area contributed by atoms with E-state index in [2.05, 4.69) is 102 Å². The summed E-state index contributed by atoms with van der Waals surface area (Å²) in [4.78, 5) is 10.0. The first-order chi connectivity index (χ1) is 17.3. The third kappa shape index (κ3) is 4.54. The van der Waals surface area contributed by atoms with Crippen molar-refractivity contribution in [3.63, 3.8) is 0 Å². The minimum atomic E-state index is 0.221. The number of rotatable bonds is 6. The van der Waals surface area contributed by atoms with Gasteiger partial charge in [-0.2, -0.15) is 0 Å². The van der Waals surface area contributed by atoms with Crippen LogP contribution in [0.15, 0.2) is 103 Å². The average Bonchev–Trinajstić information content (AvgIpc) is 2.94. The van der Waals surface area contributed by atoms with Crippen LogP contribution in [0.25, 0.3) is 22.3 Å². The molecule has 0 amide bonds. The summed E-state index contributed by atoms with van der Waals surface area (Å²) in [6, 6.07) is 36.5. The molecule has 1 aromatic heterocycles. The molecule has 0 aliphatic heterocycles. The fraction of sp³-hybridized carbons (Fsp3) is 0.188. The molecule has 0 atom stereocenters. The number of para-hydroxylation sites is 1. The standard InChI is InChI=1S/C32H29N3/c1-3-12-24(13-4-1)29(25-14-5-2-6-15-25)22-33-32-28-17-9-10-18-30(28)34-31(35-32)27-20-19-23-11-7-8-16-26(23)21-27/h1-6,9-10,12-15,17-21,29H,7-8,11,16,22H2,(H,33,34,35). The number of nitrogens with zero attached hydrogens (tertiary/aromatic N) is 2. The molecular weight excluding hydrogens is 426 g/mol. The predicted molar refractivity (Wildman–Crippen MR) is 145 cm³/mol. The lowest BCUT2D eigenvalue weighted by Gasteiger charge is -2.20. The van der Waals surface area contributed by atoms with E-state index in [9.17, 15) is 0 Å². The molecule has 5 aromatic rings. The maximum absolute atomic E-state index is 5.06. The minimum absolute atomic E-state index is 0.221. The highest BCUT2D eigenvalue weighted by Gasteiger charge is 2.17. The largest absolute Gasteiger partial charge is 0.368 e. The lowest BCUT2D eigenvalue weighted by molar-refractivity contribution is 0.686. The van der Waals surface area contributed by atoms with Crippen LogP contribution in [-0.4, -0.2) is 16.5 Å². The van der Waals surface area contributed by atoms with Crippen LogP contribution >= 0.6 is 0 Å². The smallest absolute Gasteiger partial charge is 0.162 e. The van der Waals surface area contributed by atoms with Gasteiger partial charge in [-0.25, -0.2) is 9.97 Å². The van der Waals surface area contributed by atoms with Gasteiger partial charge < -0.3 is 5.32 Å². The van der Waals surface area contributed by atoms with E-state index in [4.69, 9.17) is 9.97 Å². The SMILES string of the molecule is c1ccc(C(CNc2nc(-c3ccc4c(c3)CCCC4)nc3ccccc23)c2ccccc2)cc1. The molecule has 0 saturated heterocycles. The van der Waals surface area contributed by atoms with Crippen LogP contribution < -0.4 is 5.32 Å². The molecule has 0 unspecified atom stereocenters. The van der Waals surface area contributed by atoms with E-state index in [1.165, 1.54) is 41.5 Å². The number of hydrogen-bond acceptors (Lipinski definition) is 3. The monoisotopic (exact) mass is 455 g/mol. The van der Waals surface area contributed by atoms with Crippen molar-refractivity contribution < 1.29 is 0 Å². The molecule has 1 N–H and O–H groups in total. The van der Waals surface area contributed by atoms with Crippen molar-refractivity contribution in [2.24, 2.45) is 0 Å². The predicted octanol–water partition coefficient (Wildman–Crippen LogP) is 7.42. The Bertz CT molecular complexity index is 1400. The average molecular weight is 456 g/mol. The van der Waals surface area contributed by atoms with Gasteiger partial charge in [-0.05, 0) is 66.1 Å². The lowest BCUT2D eigenvalue weighted by atomic mass is 9.90. The van der Waals surface area contributed by atoms with Crippen molar-refractivity contribution in [1.82, 2.24) is 9.97 Å². The normalized spacial score (nSPS) is 13.1. The molecule has 172 valence electrons. The number of hydrogen-bond donors (Lipinski definition) is 1. The third-order valence-electron chi connectivity index (χ3n) is 7.09. The summed E-state index contributed by atoms with van der Waals surface area (Å²) in [5, 5.41) is 4.76. The minimum Gasteiger partial charge on any atom is -0.368 e. The van der Waals surface area contributed by atoms with Gasteiger partial charge in [0, 0.05) is 23.4 Å². The highest BCUT2D eigenvalue weighted by molar-refractivity contribution is 5.90. The van der Waals surface area contributed by atoms with E-state index < -0.39 is 0 Å². The van der Waals surface area contributed by atoms with Crippen LogP contribution in [0.2, 0.25) is 0 Å². The Morgan fingerprint density at radius 2 is 1.31 bits per heavy atom. The molecule has 1 heterocycles. The number of anilines is 1. The maximum Gasteiger partial charge on any atom is 0.162 e. The fourth-order valence-electron chi connectivity index (χ4n) is 5.21. The van der Waals surface area contributed by atoms with Gasteiger partial charge in [-0.15, -0.1) is 0 Å². The van der Waals surface area contributed by atoms with Gasteiger partial charge in [0.2, 0.25) is 0 Å². The van der Waals surface area contributed by atoms with E-state index in [-0.39, 0.29) is 5.92 Å². The molecule has 0 bridgehead atoms. The first-order valence-corrected chi connectivity index (χ1v) is 12.6. The number of nitrogens with one attached hydrogen (secondary N) is 1. The van der Waals surface area contributed by atoms with Gasteiger partial charge in [-0.1, -0.05) is 84.9 Å². The zero-order valence-corrected chi connectivity index (χ0v) is 19.8. The second-order valence-electron chi connectivity index (χ2n) is 9.36. The second kappa shape index (κ2) is 9.71. The topological polar surface area (TPSA) is 37.8 Å². The van der Waals surface area contributed by atoms with Crippen molar-refractivity contribution >= 4 is 16.7 Å². The quantitative estimate of drug-likeness (QED) is 0.289. The first kappa shape index (κ1) is 21.5. The lowest BCUT2D eigenvalue weighted by Crippen LogP contribution is -2.15. The highest BCUT2D eigenvalue weighted by Crippen LogP contribution is 2.30. The Balaban J connectivity index is 1.37. The molecule has 35 heavy (non-hydrogen) atoms. The molecule has 1 aliphatic carbocycles. The fourth-order valence-corrected chi connectivity index (χ4v) is 5.21. The Morgan fingerprint density at radius 1 is 0.657 bits per heavy atom. The van der Waals surface area contributed by atoms with Crippen molar-refractivity contribution in [2.45, 2.75) is 31.6 Å². The van der Waals surface area contributed by atoms with E-state index in [1.807, 2.05) is 6.07 Å². The van der Waals surface area contributed by atoms with Gasteiger partial charge in [0.1, 0.15) is 5.82 Å². The molecule has 0 spiro atoms. The van der Waals surface area contributed by atoms with Crippen LogP contribution in [0.3, 0.4) is 0 Å². The second-order valence-corrected chi connectivity index (χ2v) is 9.36. The molecule has 1 aliphatic rings. The Labute approximate surface area is 206 Å². The summed E-state index contributed by atoms with van der Waals surface area (Å²) >= 11 is 0. The van der Waals surface area contributed by atoms with E-state index >= 15 is 0 Å². The molecule has 4 aromatic carbocycles. The van der Waals surface area contributed by atoms with Crippen LogP contribution in [0, 0.1) is 0 Å². The van der Waals surface area contributed by atoms with E-state index in [0.29, 0.717) is 0 Å². The molecule has 6 rings (SSSR count). The Kier molecular flexibility index (Phi) is 5.98. The number of benzene rings is 4. The van der Waals surface area contributed by atoms with Gasteiger partial charge in [0.15, 0.2) is 5.82 Å². The van der Waals surface area contributed by atoms with Crippen molar-refractivity contribution in [3.8, 4) is 11.4 Å². The maximum atomic E-state index is 5.06. The zero-order chi connectivity index (χ0) is 23.5. The van der Waals surface area contributed by atoms with Gasteiger partial charge in [-0.3, -0.25) is 0 Å². The summed E-state index contributed by atoms with van der Waals surface area (Å²) in [6.07, 6.45) is 4.89. The summed E-state index contributed by atoms with van der Waals surface area (Å²) in [6.45, 7) is 0.749. The third-order valence-corrected chi connectivity index (χ3v) is 7.09. The summed E-state index contributed by atoms with van der Waals surface area (Å²) in [5.41, 5.74) is 7.58. The van der Waals surface area contributed by atoms with Gasteiger partial charge in [0.05, 0.1) is 5.52 Å². The first-order valence-electron chi connectivity index (χ1n) is 12.6. The van der Waals surface area contributed by atoms with Gasteiger partial charge >= 0.3 is 0 Å². The summed E-state index contributed by atoms with van der Waals surface area (Å²) < 4.78 is 0. The number of fused-ring (bicyclic) bond motifs is 2. The molecule has 3 nitrogen and oxygen atoms in total. The van der Waals surface area contributed by atoms with Crippen LogP contribution in [0.5, 0.6) is 0 Å². The van der Waals surface area contributed by atoms with E-state index in [0.717, 1.165) is 41.1 Å². The molecule has 0 saturated carbocycles.